The van der Waals surface area contributed by atoms with Crippen molar-refractivity contribution >= 4 is 12.4 Å². The van der Waals surface area contributed by atoms with E-state index in [1.54, 1.807) is 0 Å². The first-order valence-corrected chi connectivity index (χ1v) is 9.14. The van der Waals surface area contributed by atoms with E-state index < -0.39 is 5.97 Å². The molecule has 0 saturated carbocycles. The van der Waals surface area contributed by atoms with Crippen molar-refractivity contribution in [1.82, 2.24) is 19.6 Å². The van der Waals surface area contributed by atoms with Crippen molar-refractivity contribution in [3.05, 3.63) is 0 Å². The van der Waals surface area contributed by atoms with Gasteiger partial charge in [0.15, 0.2) is 0 Å². The molecule has 25 heavy (non-hydrogen) atoms. The van der Waals surface area contributed by atoms with E-state index in [9.17, 15) is 9.59 Å². The summed E-state index contributed by atoms with van der Waals surface area (Å²) in [6, 6.07) is 0.385. The van der Waals surface area contributed by atoms with E-state index in [0.29, 0.717) is 19.2 Å². The molecule has 0 amide bonds. The third kappa shape index (κ3) is 9.15. The van der Waals surface area contributed by atoms with E-state index in [-0.39, 0.29) is 6.54 Å². The van der Waals surface area contributed by atoms with E-state index >= 15 is 0 Å². The molecule has 8 heteroatoms. The zero-order valence-corrected chi connectivity index (χ0v) is 15.9. The second-order valence-electron chi connectivity index (χ2n) is 6.74. The van der Waals surface area contributed by atoms with Crippen molar-refractivity contribution in [1.29, 1.82) is 0 Å². The van der Waals surface area contributed by atoms with Gasteiger partial charge in [0.1, 0.15) is 6.73 Å². The zero-order valence-electron chi connectivity index (χ0n) is 15.9. The van der Waals surface area contributed by atoms with Crippen LogP contribution in [0.1, 0.15) is 20.8 Å². The number of carbonyl (C=O) groups excluding carboxylic acids is 1. The number of likely N-dealkylation sites (N-methyl/N-ethyl adjacent to an activating group) is 1. The second-order valence-corrected chi connectivity index (χ2v) is 6.74. The highest BCUT2D eigenvalue weighted by atomic mass is 16.5. The smallest absolute Gasteiger partial charge is 0.317 e. The topological polar surface area (TPSA) is 76.6 Å². The number of aliphatic carboxylic acids is 1. The van der Waals surface area contributed by atoms with E-state index in [4.69, 9.17) is 9.84 Å². The number of ether oxygens (including phenoxy) is 1. The molecule has 8 nitrogen and oxygen atoms in total. The molecule has 0 aromatic heterocycles. The summed E-state index contributed by atoms with van der Waals surface area (Å²) in [6.07, 6.45) is 0. The van der Waals surface area contributed by atoms with E-state index in [1.807, 2.05) is 4.90 Å². The molecule has 0 bridgehead atoms. The first kappa shape index (κ1) is 21.8. The molecule has 146 valence electrons. The van der Waals surface area contributed by atoms with Gasteiger partial charge in [-0.25, -0.2) is 0 Å². The predicted molar refractivity (Wildman–Crippen MR) is 96.5 cm³/mol. The minimum Gasteiger partial charge on any atom is -0.480 e. The molecule has 1 fully saturated rings. The molecule has 0 aliphatic carbocycles. The Kier molecular flexibility index (Phi) is 10.6. The highest BCUT2D eigenvalue weighted by Gasteiger charge is 2.18. The number of carboxylic acids is 1. The Morgan fingerprint density at radius 1 is 1.00 bits per heavy atom. The lowest BCUT2D eigenvalue weighted by molar-refractivity contribution is -0.138. The Bertz CT molecular complexity index is 395. The van der Waals surface area contributed by atoms with Gasteiger partial charge in [-0.3, -0.25) is 24.3 Å². The van der Waals surface area contributed by atoms with Crippen LogP contribution in [0.2, 0.25) is 0 Å². The number of rotatable bonds is 7. The summed E-state index contributed by atoms with van der Waals surface area (Å²) in [4.78, 5) is 30.5. The molecule has 0 atom stereocenters. The van der Waals surface area contributed by atoms with Gasteiger partial charge in [0.05, 0.1) is 6.54 Å². The van der Waals surface area contributed by atoms with Gasteiger partial charge in [-0.05, 0) is 20.4 Å². The first-order valence-electron chi connectivity index (χ1n) is 9.14. The van der Waals surface area contributed by atoms with Gasteiger partial charge < -0.3 is 14.7 Å². The predicted octanol–water partition coefficient (Wildman–Crippen LogP) is -0.149. The maximum absolute atomic E-state index is 11.1. The second kappa shape index (κ2) is 12.2. The van der Waals surface area contributed by atoms with Gasteiger partial charge in [-0.15, -0.1) is 0 Å². The molecule has 0 spiro atoms. The van der Waals surface area contributed by atoms with Crippen LogP contribution in [-0.2, 0) is 14.3 Å². The third-order valence-corrected chi connectivity index (χ3v) is 4.73. The summed E-state index contributed by atoms with van der Waals surface area (Å²) in [7, 11) is 0. The van der Waals surface area contributed by atoms with Crippen LogP contribution in [0.4, 0.5) is 0 Å². The Balaban J connectivity index is 2.76. The van der Waals surface area contributed by atoms with Gasteiger partial charge in [-0.1, -0.05) is 6.92 Å². The normalized spacial score (nSPS) is 20.8. The van der Waals surface area contributed by atoms with Gasteiger partial charge in [-0.2, -0.15) is 0 Å². The lowest BCUT2D eigenvalue weighted by atomic mass is 10.3. The van der Waals surface area contributed by atoms with Crippen molar-refractivity contribution in [3.63, 3.8) is 0 Å². The Morgan fingerprint density at radius 3 is 2.04 bits per heavy atom. The summed E-state index contributed by atoms with van der Waals surface area (Å²) in [5.41, 5.74) is 0. The van der Waals surface area contributed by atoms with Crippen molar-refractivity contribution in [2.24, 2.45) is 0 Å². The quantitative estimate of drug-likeness (QED) is 0.630. The fourth-order valence-corrected chi connectivity index (χ4v) is 3.00. The zero-order chi connectivity index (χ0) is 18.7. The summed E-state index contributed by atoms with van der Waals surface area (Å²) in [5.74, 6) is -0.775. The molecule has 1 aliphatic heterocycles. The maximum Gasteiger partial charge on any atom is 0.317 e. The fraction of sp³-hybridized carbons (Fsp3) is 0.882. The minimum atomic E-state index is -0.775. The Labute approximate surface area is 151 Å². The van der Waals surface area contributed by atoms with Crippen LogP contribution in [0.15, 0.2) is 0 Å². The first-order chi connectivity index (χ1) is 12.0. The van der Waals surface area contributed by atoms with Crippen LogP contribution < -0.4 is 0 Å². The molecular formula is C17H34N4O4. The fourth-order valence-electron chi connectivity index (χ4n) is 3.00. The molecule has 0 aromatic carbocycles. The Hall–Kier alpha value is -1.22. The monoisotopic (exact) mass is 358 g/mol. The average Bonchev–Trinajstić information content (AvgIpc) is 2.55. The number of nitrogens with zero attached hydrogens (tertiary/aromatic N) is 4. The Morgan fingerprint density at radius 2 is 1.52 bits per heavy atom. The van der Waals surface area contributed by atoms with Gasteiger partial charge in [0.2, 0.25) is 0 Å². The van der Waals surface area contributed by atoms with Crippen LogP contribution in [0.5, 0.6) is 0 Å². The van der Waals surface area contributed by atoms with Crippen molar-refractivity contribution in [2.45, 2.75) is 26.8 Å². The van der Waals surface area contributed by atoms with Crippen LogP contribution in [0.3, 0.4) is 0 Å². The molecule has 1 aliphatic rings. The summed E-state index contributed by atoms with van der Waals surface area (Å²) >= 11 is 0. The van der Waals surface area contributed by atoms with Gasteiger partial charge >= 0.3 is 5.97 Å². The molecule has 1 heterocycles. The SMILES string of the molecule is CCN1CCN(COC=O)CCN(C(C)C)CCN(CC(=O)O)CC1. The third-order valence-electron chi connectivity index (χ3n) is 4.73. The van der Waals surface area contributed by atoms with Gasteiger partial charge in [0.25, 0.3) is 6.47 Å². The van der Waals surface area contributed by atoms with Crippen molar-refractivity contribution in [2.75, 3.05) is 72.2 Å². The molecule has 1 saturated heterocycles. The molecule has 0 radical (unpaired) electrons. The van der Waals surface area contributed by atoms with Crippen LogP contribution in [0, 0.1) is 0 Å². The highest BCUT2D eigenvalue weighted by molar-refractivity contribution is 5.69. The van der Waals surface area contributed by atoms with Crippen LogP contribution in [0.25, 0.3) is 0 Å². The molecule has 1 N–H and O–H groups in total. The molecule has 0 unspecified atom stereocenters. The van der Waals surface area contributed by atoms with E-state index in [1.165, 1.54) is 0 Å². The van der Waals surface area contributed by atoms with Crippen LogP contribution >= 0.6 is 0 Å². The lowest BCUT2D eigenvalue weighted by Gasteiger charge is -2.34. The highest BCUT2D eigenvalue weighted by Crippen LogP contribution is 2.03. The lowest BCUT2D eigenvalue weighted by Crippen LogP contribution is -2.48. The maximum atomic E-state index is 11.1. The summed E-state index contributed by atoms with van der Waals surface area (Å²) in [6.45, 7) is 14.8. The van der Waals surface area contributed by atoms with E-state index in [2.05, 4.69) is 35.5 Å². The summed E-state index contributed by atoms with van der Waals surface area (Å²) in [5, 5.41) is 9.15. The van der Waals surface area contributed by atoms with Crippen LogP contribution in [-0.4, -0.2) is 115 Å². The van der Waals surface area contributed by atoms with Crippen molar-refractivity contribution in [3.8, 4) is 0 Å². The van der Waals surface area contributed by atoms with E-state index in [0.717, 1.165) is 58.9 Å². The number of hydrogen-bond donors (Lipinski definition) is 1. The number of carbonyl (C=O) groups is 2. The average molecular weight is 358 g/mol. The molecular weight excluding hydrogens is 324 g/mol. The standard InChI is InChI=1S/C17H34N4O4/c1-4-18-5-7-19(13-17(23)24)9-11-21(16(2)3)12-10-20(8-6-18)14-25-15-22/h15-16H,4-14H2,1-3H3,(H,23,24). The molecule has 0 aromatic rings. The minimum absolute atomic E-state index is 0.0861. The van der Waals surface area contributed by atoms with Gasteiger partial charge in [0, 0.05) is 58.4 Å². The largest absolute Gasteiger partial charge is 0.480 e. The molecule has 1 rings (SSSR count). The van der Waals surface area contributed by atoms with Crippen molar-refractivity contribution < 1.29 is 19.4 Å². The number of hydrogen-bond acceptors (Lipinski definition) is 7. The summed E-state index contributed by atoms with van der Waals surface area (Å²) < 4.78 is 4.96. The number of carboxylic acid groups (broad SMARTS) is 1.